The van der Waals surface area contributed by atoms with E-state index < -0.39 is 0 Å². The summed E-state index contributed by atoms with van der Waals surface area (Å²) in [7, 11) is 0. The average Bonchev–Trinajstić information content (AvgIpc) is 3.13. The lowest BCUT2D eigenvalue weighted by molar-refractivity contribution is -0.0586. The molecule has 0 spiro atoms. The summed E-state index contributed by atoms with van der Waals surface area (Å²) in [6, 6.07) is 20.0. The molecular weight excluding hydrogens is 428 g/mol. The number of ether oxygens (including phenoxy) is 1. The molecule has 5 rings (SSSR count). The molecule has 1 aliphatic carbocycles. The number of nitrogens with zero attached hydrogens (tertiary/aromatic N) is 1. The minimum atomic E-state index is -0.247. The Morgan fingerprint density at radius 3 is 2.18 bits per heavy atom. The minimum absolute atomic E-state index is 0.0126. The van der Waals surface area contributed by atoms with Crippen molar-refractivity contribution in [3.8, 4) is 11.1 Å². The van der Waals surface area contributed by atoms with Crippen LogP contribution in [0.3, 0.4) is 0 Å². The van der Waals surface area contributed by atoms with Crippen molar-refractivity contribution in [2.24, 2.45) is 0 Å². The fourth-order valence-corrected chi connectivity index (χ4v) is 4.75. The smallest absolute Gasteiger partial charge is 0.254 e. The maximum Gasteiger partial charge on any atom is 0.254 e. The third-order valence-corrected chi connectivity index (χ3v) is 6.35. The molecule has 1 fully saturated rings. The fraction of sp³-hybridized carbons (Fsp3) is 0.250. The summed E-state index contributed by atoms with van der Waals surface area (Å²) in [6.45, 7) is 5.42. The first-order valence-electron chi connectivity index (χ1n) is 11.5. The number of carbonyl (C=O) groups is 3. The Morgan fingerprint density at radius 1 is 0.853 bits per heavy atom. The Hall–Kier alpha value is -3.77. The Balaban J connectivity index is 1.23. The summed E-state index contributed by atoms with van der Waals surface area (Å²) in [5.74, 6) is -0.311. The monoisotopic (exact) mass is 454 g/mol. The lowest BCUT2D eigenvalue weighted by Crippen LogP contribution is -2.48. The van der Waals surface area contributed by atoms with Gasteiger partial charge < -0.3 is 15.0 Å². The van der Waals surface area contributed by atoms with Crippen LogP contribution >= 0.6 is 0 Å². The van der Waals surface area contributed by atoms with Crippen molar-refractivity contribution in [1.29, 1.82) is 0 Å². The second kappa shape index (κ2) is 8.88. The highest BCUT2D eigenvalue weighted by Crippen LogP contribution is 2.36. The number of morpholine rings is 1. The summed E-state index contributed by atoms with van der Waals surface area (Å²) < 4.78 is 5.71. The van der Waals surface area contributed by atoms with Crippen molar-refractivity contribution in [3.05, 3.63) is 94.5 Å². The van der Waals surface area contributed by atoms with Gasteiger partial charge in [0, 0.05) is 41.9 Å². The molecule has 3 aromatic rings. The SMILES string of the molecule is CC1CN(C(=O)c2ccc(CNC(=O)c3ccc4c(c3)C(=O)c3ccccc3-4)cc2)CC(C)O1. The largest absolute Gasteiger partial charge is 0.372 e. The molecule has 0 radical (unpaired) electrons. The second-order valence-corrected chi connectivity index (χ2v) is 8.98. The van der Waals surface area contributed by atoms with Crippen molar-refractivity contribution in [2.75, 3.05) is 13.1 Å². The lowest BCUT2D eigenvalue weighted by Gasteiger charge is -2.35. The lowest BCUT2D eigenvalue weighted by atomic mass is 10.0. The van der Waals surface area contributed by atoms with Crippen LogP contribution in [0, 0.1) is 0 Å². The van der Waals surface area contributed by atoms with E-state index in [2.05, 4.69) is 5.32 Å². The number of ketones is 1. The first-order chi connectivity index (χ1) is 16.4. The van der Waals surface area contributed by atoms with E-state index in [1.165, 1.54) is 0 Å². The van der Waals surface area contributed by atoms with Gasteiger partial charge in [0.05, 0.1) is 12.2 Å². The molecule has 2 aliphatic rings. The summed E-state index contributed by atoms with van der Waals surface area (Å²) in [6.07, 6.45) is 0.0386. The summed E-state index contributed by atoms with van der Waals surface area (Å²) in [5, 5.41) is 2.90. The molecule has 6 nitrogen and oxygen atoms in total. The van der Waals surface area contributed by atoms with E-state index in [1.54, 1.807) is 24.3 Å². The third kappa shape index (κ3) is 4.13. The van der Waals surface area contributed by atoms with Crippen LogP contribution in [0.1, 0.15) is 56.0 Å². The zero-order valence-electron chi connectivity index (χ0n) is 19.2. The van der Waals surface area contributed by atoms with Gasteiger partial charge in [0.25, 0.3) is 11.8 Å². The van der Waals surface area contributed by atoms with Crippen molar-refractivity contribution >= 4 is 17.6 Å². The van der Waals surface area contributed by atoms with E-state index in [0.29, 0.717) is 41.9 Å². The number of nitrogens with one attached hydrogen (secondary N) is 1. The zero-order chi connectivity index (χ0) is 23.8. The Bertz CT molecular complexity index is 1270. The van der Waals surface area contributed by atoms with Crippen LogP contribution in [0.5, 0.6) is 0 Å². The highest BCUT2D eigenvalue weighted by atomic mass is 16.5. The first-order valence-corrected chi connectivity index (χ1v) is 11.5. The standard InChI is InChI=1S/C28H26N2O4/c1-17-15-30(16-18(2)34-17)28(33)20-9-7-19(8-10-20)14-29-27(32)21-11-12-23-22-5-3-4-6-24(22)26(31)25(23)13-21/h3-13,17-18H,14-16H2,1-2H3,(H,29,32). The van der Waals surface area contributed by atoms with Gasteiger partial charge in [-0.3, -0.25) is 14.4 Å². The number of amides is 2. The number of benzene rings is 3. The van der Waals surface area contributed by atoms with Gasteiger partial charge in [-0.15, -0.1) is 0 Å². The molecular formula is C28H26N2O4. The Morgan fingerprint density at radius 2 is 1.47 bits per heavy atom. The quantitative estimate of drug-likeness (QED) is 0.504. The van der Waals surface area contributed by atoms with Crippen LogP contribution in [-0.4, -0.2) is 47.8 Å². The molecule has 1 aliphatic heterocycles. The molecule has 0 aromatic heterocycles. The number of rotatable bonds is 4. The second-order valence-electron chi connectivity index (χ2n) is 8.98. The third-order valence-electron chi connectivity index (χ3n) is 6.35. The molecule has 172 valence electrons. The van der Waals surface area contributed by atoms with Gasteiger partial charge in [0.2, 0.25) is 0 Å². The molecule has 1 heterocycles. The van der Waals surface area contributed by atoms with Crippen molar-refractivity contribution in [2.45, 2.75) is 32.6 Å². The highest BCUT2D eigenvalue weighted by molar-refractivity contribution is 6.22. The number of carbonyl (C=O) groups excluding carboxylic acids is 3. The van der Waals surface area contributed by atoms with Crippen LogP contribution in [0.2, 0.25) is 0 Å². The topological polar surface area (TPSA) is 75.7 Å². The van der Waals surface area contributed by atoms with Gasteiger partial charge >= 0.3 is 0 Å². The van der Waals surface area contributed by atoms with Crippen LogP contribution in [0.4, 0.5) is 0 Å². The molecule has 6 heteroatoms. The van der Waals surface area contributed by atoms with Crippen LogP contribution in [-0.2, 0) is 11.3 Å². The van der Waals surface area contributed by atoms with Gasteiger partial charge in [-0.1, -0.05) is 42.5 Å². The van der Waals surface area contributed by atoms with Gasteiger partial charge in [0.15, 0.2) is 5.78 Å². The van der Waals surface area contributed by atoms with Crippen molar-refractivity contribution in [1.82, 2.24) is 10.2 Å². The van der Waals surface area contributed by atoms with Gasteiger partial charge in [-0.2, -0.15) is 0 Å². The zero-order valence-corrected chi connectivity index (χ0v) is 19.2. The number of hydrogen-bond donors (Lipinski definition) is 1. The maximum absolute atomic E-state index is 12.8. The van der Waals surface area contributed by atoms with Crippen LogP contribution < -0.4 is 5.32 Å². The van der Waals surface area contributed by atoms with Crippen molar-refractivity contribution in [3.63, 3.8) is 0 Å². The minimum Gasteiger partial charge on any atom is -0.372 e. The van der Waals surface area contributed by atoms with Crippen LogP contribution in [0.25, 0.3) is 11.1 Å². The Kier molecular flexibility index (Phi) is 5.75. The summed E-state index contributed by atoms with van der Waals surface area (Å²) in [5.41, 5.74) is 4.95. The van der Waals surface area contributed by atoms with E-state index in [-0.39, 0.29) is 29.8 Å². The molecule has 1 saturated heterocycles. The fourth-order valence-electron chi connectivity index (χ4n) is 4.75. The normalized spacial score (nSPS) is 18.9. The van der Waals surface area contributed by atoms with E-state index in [4.69, 9.17) is 4.74 Å². The number of hydrogen-bond acceptors (Lipinski definition) is 4. The molecule has 3 aromatic carbocycles. The molecule has 2 amide bonds. The predicted octanol–water partition coefficient (Wildman–Crippen LogP) is 4.08. The summed E-state index contributed by atoms with van der Waals surface area (Å²) in [4.78, 5) is 40.1. The van der Waals surface area contributed by atoms with E-state index >= 15 is 0 Å². The van der Waals surface area contributed by atoms with Crippen molar-refractivity contribution < 1.29 is 19.1 Å². The molecule has 1 N–H and O–H groups in total. The van der Waals surface area contributed by atoms with E-state index in [1.807, 2.05) is 61.2 Å². The maximum atomic E-state index is 12.8. The van der Waals surface area contributed by atoms with E-state index in [9.17, 15) is 14.4 Å². The van der Waals surface area contributed by atoms with E-state index in [0.717, 1.165) is 16.7 Å². The van der Waals surface area contributed by atoms with Gasteiger partial charge in [-0.05, 0) is 54.8 Å². The highest BCUT2D eigenvalue weighted by Gasteiger charge is 2.28. The summed E-state index contributed by atoms with van der Waals surface area (Å²) >= 11 is 0. The van der Waals surface area contributed by atoms with Gasteiger partial charge in [0.1, 0.15) is 0 Å². The molecule has 2 unspecified atom stereocenters. The molecule has 0 bridgehead atoms. The molecule has 2 atom stereocenters. The molecule has 34 heavy (non-hydrogen) atoms. The number of fused-ring (bicyclic) bond motifs is 3. The first kappa shape index (κ1) is 22.0. The van der Waals surface area contributed by atoms with Crippen LogP contribution in [0.15, 0.2) is 66.7 Å². The molecule has 0 saturated carbocycles. The average molecular weight is 455 g/mol. The predicted molar refractivity (Wildman–Crippen MR) is 129 cm³/mol. The Labute approximate surface area is 198 Å². The van der Waals surface area contributed by atoms with Gasteiger partial charge in [-0.25, -0.2) is 0 Å².